The molecule has 1 fully saturated rings. The zero-order chi connectivity index (χ0) is 18.4. The van der Waals surface area contributed by atoms with Crippen LogP contribution in [0.1, 0.15) is 12.0 Å². The highest BCUT2D eigenvalue weighted by Gasteiger charge is 2.41. The van der Waals surface area contributed by atoms with Gasteiger partial charge >= 0.3 is 6.18 Å². The van der Waals surface area contributed by atoms with Crippen LogP contribution in [0.5, 0.6) is 0 Å². The summed E-state index contributed by atoms with van der Waals surface area (Å²) in [5, 5.41) is 0. The Hall–Kier alpha value is -1.80. The molecular weight excluding hydrogens is 371 g/mol. The van der Waals surface area contributed by atoms with Crippen molar-refractivity contribution in [2.24, 2.45) is 11.7 Å². The molecule has 146 valence electrons. The van der Waals surface area contributed by atoms with Crippen LogP contribution in [0, 0.1) is 5.92 Å². The van der Waals surface area contributed by atoms with Crippen LogP contribution < -0.4 is 5.73 Å². The Bertz CT molecular complexity index is 599. The minimum absolute atomic E-state index is 0. The molecule has 0 aromatic heterocycles. The molecule has 1 saturated heterocycles. The smallest absolute Gasteiger partial charge is 0.341 e. The lowest BCUT2D eigenvalue weighted by Crippen LogP contribution is -2.42. The topological polar surface area (TPSA) is 66.6 Å². The Kier molecular flexibility index (Phi) is 8.36. The molecule has 2 amide bonds. The SMILES string of the molecule is Cl.NCCN(CCc1ccccc1)C(=O)C1CC(=O)N(CC(F)(F)F)C1. The number of benzene rings is 1. The molecular formula is C17H23ClF3N3O2. The van der Waals surface area contributed by atoms with Crippen molar-refractivity contribution in [1.82, 2.24) is 9.80 Å². The highest BCUT2D eigenvalue weighted by molar-refractivity contribution is 5.89. The summed E-state index contributed by atoms with van der Waals surface area (Å²) < 4.78 is 37.5. The van der Waals surface area contributed by atoms with Gasteiger partial charge in [0.05, 0.1) is 5.92 Å². The van der Waals surface area contributed by atoms with E-state index in [0.717, 1.165) is 5.56 Å². The van der Waals surface area contributed by atoms with Gasteiger partial charge in [-0.25, -0.2) is 0 Å². The molecule has 0 aliphatic carbocycles. The van der Waals surface area contributed by atoms with Crippen molar-refractivity contribution in [3.63, 3.8) is 0 Å². The van der Waals surface area contributed by atoms with E-state index in [-0.39, 0.29) is 37.8 Å². The van der Waals surface area contributed by atoms with Crippen LogP contribution in [-0.2, 0) is 16.0 Å². The zero-order valence-electron chi connectivity index (χ0n) is 14.2. The van der Waals surface area contributed by atoms with Gasteiger partial charge < -0.3 is 15.5 Å². The van der Waals surface area contributed by atoms with Gasteiger partial charge in [0.15, 0.2) is 0 Å². The number of halogens is 4. The monoisotopic (exact) mass is 393 g/mol. The van der Waals surface area contributed by atoms with E-state index >= 15 is 0 Å². The number of amides is 2. The van der Waals surface area contributed by atoms with Gasteiger partial charge in [-0.1, -0.05) is 30.3 Å². The van der Waals surface area contributed by atoms with Gasteiger partial charge in [-0.05, 0) is 12.0 Å². The van der Waals surface area contributed by atoms with Gasteiger partial charge in [-0.2, -0.15) is 13.2 Å². The lowest BCUT2D eigenvalue weighted by Gasteiger charge is -2.25. The van der Waals surface area contributed by atoms with Crippen LogP contribution in [0.25, 0.3) is 0 Å². The number of alkyl halides is 3. The third-order valence-electron chi connectivity index (χ3n) is 4.16. The average molecular weight is 394 g/mol. The van der Waals surface area contributed by atoms with E-state index in [1.165, 1.54) is 0 Å². The molecule has 1 heterocycles. The van der Waals surface area contributed by atoms with E-state index in [0.29, 0.717) is 24.4 Å². The van der Waals surface area contributed by atoms with Gasteiger partial charge in [0, 0.05) is 32.6 Å². The number of carbonyl (C=O) groups is 2. The summed E-state index contributed by atoms with van der Waals surface area (Å²) in [5.41, 5.74) is 6.61. The summed E-state index contributed by atoms with van der Waals surface area (Å²) in [6.45, 7) is -0.507. The quantitative estimate of drug-likeness (QED) is 0.768. The largest absolute Gasteiger partial charge is 0.406 e. The van der Waals surface area contributed by atoms with Crippen LogP contribution in [0.3, 0.4) is 0 Å². The average Bonchev–Trinajstić information content (AvgIpc) is 2.91. The third-order valence-corrected chi connectivity index (χ3v) is 4.16. The highest BCUT2D eigenvalue weighted by Crippen LogP contribution is 2.25. The van der Waals surface area contributed by atoms with Gasteiger partial charge in [0.25, 0.3) is 0 Å². The molecule has 26 heavy (non-hydrogen) atoms. The molecule has 2 N–H and O–H groups in total. The third kappa shape index (κ3) is 6.49. The van der Waals surface area contributed by atoms with Crippen molar-refractivity contribution in [2.75, 3.05) is 32.7 Å². The number of carbonyl (C=O) groups excluding carboxylic acids is 2. The van der Waals surface area contributed by atoms with E-state index < -0.39 is 24.5 Å². The molecule has 0 bridgehead atoms. The normalized spacial score (nSPS) is 17.2. The lowest BCUT2D eigenvalue weighted by molar-refractivity contribution is -0.157. The van der Waals surface area contributed by atoms with Gasteiger partial charge in [-0.3, -0.25) is 9.59 Å². The fourth-order valence-electron chi connectivity index (χ4n) is 2.96. The summed E-state index contributed by atoms with van der Waals surface area (Å²) in [4.78, 5) is 26.6. The van der Waals surface area contributed by atoms with E-state index in [2.05, 4.69) is 0 Å². The van der Waals surface area contributed by atoms with E-state index in [4.69, 9.17) is 5.73 Å². The second-order valence-electron chi connectivity index (χ2n) is 6.14. The number of likely N-dealkylation sites (tertiary alicyclic amines) is 1. The van der Waals surface area contributed by atoms with E-state index in [1.54, 1.807) is 4.90 Å². The molecule has 1 unspecified atom stereocenters. The highest BCUT2D eigenvalue weighted by atomic mass is 35.5. The van der Waals surface area contributed by atoms with Crippen LogP contribution in [0.2, 0.25) is 0 Å². The zero-order valence-corrected chi connectivity index (χ0v) is 15.1. The Labute approximate surface area is 156 Å². The number of hydrogen-bond donors (Lipinski definition) is 1. The van der Waals surface area contributed by atoms with Crippen molar-refractivity contribution in [3.8, 4) is 0 Å². The standard InChI is InChI=1S/C17H22F3N3O2.ClH/c18-17(19,20)12-23-11-14(10-15(23)24)16(25)22(9-7-21)8-6-13-4-2-1-3-5-13;/h1-5,14H,6-12,21H2;1H. The Morgan fingerprint density at radius 3 is 2.46 bits per heavy atom. The van der Waals surface area contributed by atoms with Crippen molar-refractivity contribution >= 4 is 24.2 Å². The molecule has 1 aromatic rings. The molecule has 2 rings (SSSR count). The minimum Gasteiger partial charge on any atom is -0.341 e. The van der Waals surface area contributed by atoms with E-state index in [1.807, 2.05) is 30.3 Å². The summed E-state index contributed by atoms with van der Waals surface area (Å²) >= 11 is 0. The second-order valence-corrected chi connectivity index (χ2v) is 6.14. The molecule has 1 aliphatic heterocycles. The molecule has 0 spiro atoms. The Balaban J connectivity index is 0.00000338. The molecule has 1 aliphatic rings. The maximum atomic E-state index is 12.6. The van der Waals surface area contributed by atoms with Crippen LogP contribution in [-0.4, -0.2) is 60.5 Å². The maximum absolute atomic E-state index is 12.6. The van der Waals surface area contributed by atoms with Crippen molar-refractivity contribution in [3.05, 3.63) is 35.9 Å². The first-order valence-electron chi connectivity index (χ1n) is 8.17. The van der Waals surface area contributed by atoms with Gasteiger partial charge in [-0.15, -0.1) is 12.4 Å². The van der Waals surface area contributed by atoms with Gasteiger partial charge in [0.2, 0.25) is 11.8 Å². The molecule has 9 heteroatoms. The second kappa shape index (κ2) is 9.78. The van der Waals surface area contributed by atoms with Crippen molar-refractivity contribution in [2.45, 2.75) is 19.0 Å². The van der Waals surface area contributed by atoms with Crippen molar-refractivity contribution < 1.29 is 22.8 Å². The fraction of sp³-hybridized carbons (Fsp3) is 0.529. The molecule has 1 atom stereocenters. The summed E-state index contributed by atoms with van der Waals surface area (Å²) in [6, 6.07) is 9.57. The maximum Gasteiger partial charge on any atom is 0.406 e. The summed E-state index contributed by atoms with van der Waals surface area (Å²) in [5.74, 6) is -1.68. The number of hydrogen-bond acceptors (Lipinski definition) is 3. The van der Waals surface area contributed by atoms with Crippen LogP contribution >= 0.6 is 12.4 Å². The molecule has 1 aromatic carbocycles. The van der Waals surface area contributed by atoms with Crippen LogP contribution in [0.4, 0.5) is 13.2 Å². The van der Waals surface area contributed by atoms with Crippen molar-refractivity contribution in [1.29, 1.82) is 0 Å². The van der Waals surface area contributed by atoms with Crippen LogP contribution in [0.15, 0.2) is 30.3 Å². The number of nitrogens with zero attached hydrogens (tertiary/aromatic N) is 2. The predicted molar refractivity (Wildman–Crippen MR) is 93.8 cm³/mol. The first kappa shape index (κ1) is 22.2. The summed E-state index contributed by atoms with van der Waals surface area (Å²) in [7, 11) is 0. The van der Waals surface area contributed by atoms with E-state index in [9.17, 15) is 22.8 Å². The Morgan fingerprint density at radius 2 is 1.88 bits per heavy atom. The van der Waals surface area contributed by atoms with Gasteiger partial charge in [0.1, 0.15) is 6.54 Å². The molecule has 0 saturated carbocycles. The lowest BCUT2D eigenvalue weighted by atomic mass is 10.1. The number of nitrogens with two attached hydrogens (primary N) is 1. The Morgan fingerprint density at radius 1 is 1.23 bits per heavy atom. The first-order valence-corrected chi connectivity index (χ1v) is 8.17. The molecule has 5 nitrogen and oxygen atoms in total. The summed E-state index contributed by atoms with van der Waals surface area (Å²) in [6.07, 6.45) is -4.02. The first-order chi connectivity index (χ1) is 11.8. The predicted octanol–water partition coefficient (Wildman–Crippen LogP) is 1.85. The molecule has 0 radical (unpaired) electrons. The number of rotatable bonds is 7. The fourth-order valence-corrected chi connectivity index (χ4v) is 2.96. The minimum atomic E-state index is -4.46.